The van der Waals surface area contributed by atoms with Crippen molar-refractivity contribution in [2.45, 2.75) is 32.9 Å². The summed E-state index contributed by atoms with van der Waals surface area (Å²) >= 11 is 0. The molecule has 0 saturated heterocycles. The lowest BCUT2D eigenvalue weighted by molar-refractivity contribution is 0.394. The van der Waals surface area contributed by atoms with E-state index in [0.29, 0.717) is 0 Å². The molecule has 5 heteroatoms. The van der Waals surface area contributed by atoms with E-state index in [1.54, 1.807) is 14.2 Å². The smallest absolute Gasteiger partial charge is 0.137 e. The standard InChI is InChI=1S/C16H23N3O2/c1-16(2,3)18-10-12-9-17-15(19-12)11-6-13(20-4)8-14(7-11)21-5/h6-9,18H,10H2,1-5H3,(H,17,19). The van der Waals surface area contributed by atoms with Crippen molar-refractivity contribution in [1.82, 2.24) is 15.3 Å². The monoisotopic (exact) mass is 289 g/mol. The van der Waals surface area contributed by atoms with E-state index < -0.39 is 0 Å². The normalized spacial score (nSPS) is 11.5. The Kier molecular flexibility index (Phi) is 4.53. The number of methoxy groups -OCH3 is 2. The first-order valence-electron chi connectivity index (χ1n) is 6.93. The number of ether oxygens (including phenoxy) is 2. The van der Waals surface area contributed by atoms with Crippen LogP contribution in [-0.4, -0.2) is 29.7 Å². The molecule has 1 aromatic carbocycles. The second-order valence-corrected chi connectivity index (χ2v) is 5.96. The molecule has 0 radical (unpaired) electrons. The van der Waals surface area contributed by atoms with E-state index >= 15 is 0 Å². The quantitative estimate of drug-likeness (QED) is 0.888. The van der Waals surface area contributed by atoms with Gasteiger partial charge in [0.1, 0.15) is 17.3 Å². The summed E-state index contributed by atoms with van der Waals surface area (Å²) in [5, 5.41) is 3.43. The second kappa shape index (κ2) is 6.18. The summed E-state index contributed by atoms with van der Waals surface area (Å²) in [6.45, 7) is 7.16. The van der Waals surface area contributed by atoms with Crippen LogP contribution in [0, 0.1) is 0 Å². The SMILES string of the molecule is COc1cc(OC)cc(-c2ncc(CNC(C)(C)C)[nH]2)c1. The highest BCUT2D eigenvalue weighted by Crippen LogP contribution is 2.28. The van der Waals surface area contributed by atoms with E-state index in [1.165, 1.54) is 0 Å². The average molecular weight is 289 g/mol. The molecule has 0 bridgehead atoms. The van der Waals surface area contributed by atoms with Crippen LogP contribution in [0.1, 0.15) is 26.5 Å². The van der Waals surface area contributed by atoms with Gasteiger partial charge >= 0.3 is 0 Å². The predicted molar refractivity (Wildman–Crippen MR) is 83.7 cm³/mol. The zero-order valence-electron chi connectivity index (χ0n) is 13.3. The number of H-pyrrole nitrogens is 1. The minimum Gasteiger partial charge on any atom is -0.497 e. The molecule has 114 valence electrons. The number of aromatic amines is 1. The molecule has 1 heterocycles. The Morgan fingerprint density at radius 3 is 2.24 bits per heavy atom. The molecule has 1 aromatic heterocycles. The summed E-state index contributed by atoms with van der Waals surface area (Å²) < 4.78 is 10.6. The lowest BCUT2D eigenvalue weighted by atomic mass is 10.1. The Labute approximate surface area is 125 Å². The van der Waals surface area contributed by atoms with E-state index in [1.807, 2.05) is 24.4 Å². The molecule has 0 atom stereocenters. The van der Waals surface area contributed by atoms with Crippen molar-refractivity contribution in [1.29, 1.82) is 0 Å². The van der Waals surface area contributed by atoms with Gasteiger partial charge in [-0.25, -0.2) is 4.98 Å². The maximum absolute atomic E-state index is 5.28. The van der Waals surface area contributed by atoms with Crippen LogP contribution in [0.4, 0.5) is 0 Å². The Hall–Kier alpha value is -2.01. The number of rotatable bonds is 5. The first kappa shape index (κ1) is 15.4. The van der Waals surface area contributed by atoms with Gasteiger partial charge in [-0.2, -0.15) is 0 Å². The van der Waals surface area contributed by atoms with Gasteiger partial charge in [0, 0.05) is 35.6 Å². The van der Waals surface area contributed by atoms with E-state index in [4.69, 9.17) is 9.47 Å². The topological polar surface area (TPSA) is 59.2 Å². The molecule has 0 spiro atoms. The Bertz CT molecular complexity index is 578. The summed E-state index contributed by atoms with van der Waals surface area (Å²) in [7, 11) is 3.28. The molecular formula is C16H23N3O2. The molecule has 5 nitrogen and oxygen atoms in total. The van der Waals surface area contributed by atoms with Crippen molar-refractivity contribution in [3.63, 3.8) is 0 Å². The molecule has 0 aliphatic heterocycles. The zero-order chi connectivity index (χ0) is 15.5. The number of hydrogen-bond donors (Lipinski definition) is 2. The number of nitrogens with one attached hydrogen (secondary N) is 2. The highest BCUT2D eigenvalue weighted by molar-refractivity contribution is 5.61. The maximum atomic E-state index is 5.28. The van der Waals surface area contributed by atoms with Crippen LogP contribution in [0.2, 0.25) is 0 Å². The van der Waals surface area contributed by atoms with Crippen molar-refractivity contribution in [3.8, 4) is 22.9 Å². The van der Waals surface area contributed by atoms with Gasteiger partial charge in [-0.3, -0.25) is 0 Å². The van der Waals surface area contributed by atoms with Crippen LogP contribution in [-0.2, 0) is 6.54 Å². The number of nitrogens with zero attached hydrogens (tertiary/aromatic N) is 1. The fraction of sp³-hybridized carbons (Fsp3) is 0.438. The van der Waals surface area contributed by atoms with Crippen molar-refractivity contribution >= 4 is 0 Å². The van der Waals surface area contributed by atoms with Crippen LogP contribution in [0.3, 0.4) is 0 Å². The van der Waals surface area contributed by atoms with Gasteiger partial charge in [0.15, 0.2) is 0 Å². The highest BCUT2D eigenvalue weighted by Gasteiger charge is 2.11. The molecule has 2 aromatic rings. The minimum absolute atomic E-state index is 0.0739. The average Bonchev–Trinajstić information content (AvgIpc) is 2.92. The molecule has 0 unspecified atom stereocenters. The molecule has 0 saturated carbocycles. The summed E-state index contributed by atoms with van der Waals surface area (Å²) in [5.41, 5.74) is 2.06. The number of imidazole rings is 1. The van der Waals surface area contributed by atoms with Crippen LogP contribution < -0.4 is 14.8 Å². The molecular weight excluding hydrogens is 266 g/mol. The van der Waals surface area contributed by atoms with Crippen molar-refractivity contribution in [2.24, 2.45) is 0 Å². The first-order chi connectivity index (χ1) is 9.91. The Balaban J connectivity index is 2.21. The summed E-state index contributed by atoms with van der Waals surface area (Å²) in [4.78, 5) is 7.75. The fourth-order valence-electron chi connectivity index (χ4n) is 1.90. The Morgan fingerprint density at radius 1 is 1.10 bits per heavy atom. The third-order valence-corrected chi connectivity index (χ3v) is 3.06. The van der Waals surface area contributed by atoms with Gasteiger partial charge in [0.2, 0.25) is 0 Å². The number of hydrogen-bond acceptors (Lipinski definition) is 4. The molecule has 0 aliphatic rings. The van der Waals surface area contributed by atoms with Gasteiger partial charge in [0.25, 0.3) is 0 Å². The summed E-state index contributed by atoms with van der Waals surface area (Å²) in [6.07, 6.45) is 1.85. The number of benzene rings is 1. The maximum Gasteiger partial charge on any atom is 0.137 e. The molecule has 0 amide bonds. The summed E-state index contributed by atoms with van der Waals surface area (Å²) in [6, 6.07) is 5.71. The minimum atomic E-state index is 0.0739. The first-order valence-corrected chi connectivity index (χ1v) is 6.93. The van der Waals surface area contributed by atoms with Gasteiger partial charge in [-0.15, -0.1) is 0 Å². The lowest BCUT2D eigenvalue weighted by Gasteiger charge is -2.19. The van der Waals surface area contributed by atoms with Gasteiger partial charge in [-0.1, -0.05) is 0 Å². The van der Waals surface area contributed by atoms with Gasteiger partial charge in [-0.05, 0) is 32.9 Å². The van der Waals surface area contributed by atoms with E-state index in [2.05, 4.69) is 36.1 Å². The molecule has 2 rings (SSSR count). The molecule has 0 aliphatic carbocycles. The Morgan fingerprint density at radius 2 is 1.71 bits per heavy atom. The van der Waals surface area contributed by atoms with Crippen LogP contribution in [0.15, 0.2) is 24.4 Å². The lowest BCUT2D eigenvalue weighted by Crippen LogP contribution is -2.35. The zero-order valence-corrected chi connectivity index (χ0v) is 13.3. The molecule has 21 heavy (non-hydrogen) atoms. The van der Waals surface area contributed by atoms with Crippen LogP contribution in [0.25, 0.3) is 11.4 Å². The van der Waals surface area contributed by atoms with E-state index in [-0.39, 0.29) is 5.54 Å². The molecule has 0 fully saturated rings. The fourth-order valence-corrected chi connectivity index (χ4v) is 1.90. The molecule has 2 N–H and O–H groups in total. The van der Waals surface area contributed by atoms with E-state index in [0.717, 1.165) is 35.1 Å². The van der Waals surface area contributed by atoms with Crippen molar-refractivity contribution in [3.05, 3.63) is 30.1 Å². The van der Waals surface area contributed by atoms with E-state index in [9.17, 15) is 0 Å². The highest BCUT2D eigenvalue weighted by atomic mass is 16.5. The second-order valence-electron chi connectivity index (χ2n) is 5.96. The van der Waals surface area contributed by atoms with Crippen LogP contribution >= 0.6 is 0 Å². The van der Waals surface area contributed by atoms with Gasteiger partial charge < -0.3 is 19.8 Å². The summed E-state index contributed by atoms with van der Waals surface area (Å²) in [5.74, 6) is 2.29. The third kappa shape index (κ3) is 4.23. The third-order valence-electron chi connectivity index (χ3n) is 3.06. The number of aromatic nitrogens is 2. The van der Waals surface area contributed by atoms with Crippen molar-refractivity contribution < 1.29 is 9.47 Å². The predicted octanol–water partition coefficient (Wildman–Crippen LogP) is 2.98. The van der Waals surface area contributed by atoms with Crippen LogP contribution in [0.5, 0.6) is 11.5 Å². The van der Waals surface area contributed by atoms with Crippen molar-refractivity contribution in [2.75, 3.05) is 14.2 Å². The van der Waals surface area contributed by atoms with Gasteiger partial charge in [0.05, 0.1) is 14.2 Å². The largest absolute Gasteiger partial charge is 0.497 e.